The van der Waals surface area contributed by atoms with Gasteiger partial charge in [0.25, 0.3) is 0 Å². The van der Waals surface area contributed by atoms with Crippen LogP contribution in [0.5, 0.6) is 11.8 Å². The Balaban J connectivity index is 1.44. The molecule has 3 heterocycles. The van der Waals surface area contributed by atoms with E-state index in [4.69, 9.17) is 4.74 Å². The minimum absolute atomic E-state index is 0.0481. The minimum atomic E-state index is -0.259. The summed E-state index contributed by atoms with van der Waals surface area (Å²) in [6.45, 7) is 0.521. The van der Waals surface area contributed by atoms with Gasteiger partial charge in [-0.3, -0.25) is 4.79 Å². The van der Waals surface area contributed by atoms with Crippen molar-refractivity contribution in [3.8, 4) is 11.8 Å². The maximum absolute atomic E-state index is 13.8. The summed E-state index contributed by atoms with van der Waals surface area (Å²) in [7, 11) is 0. The molecule has 5 aromatic rings. The molecular weight excluding hydrogens is 443 g/mol. The first-order valence-corrected chi connectivity index (χ1v) is 11.3. The Labute approximate surface area is 201 Å². The third-order valence-electron chi connectivity index (χ3n) is 6.23. The van der Waals surface area contributed by atoms with E-state index in [-0.39, 0.29) is 23.7 Å². The number of ether oxygens (including phenoxy) is 1. The van der Waals surface area contributed by atoms with Crippen LogP contribution in [0.4, 0.5) is 10.1 Å². The molecule has 172 valence electrons. The van der Waals surface area contributed by atoms with E-state index in [1.165, 1.54) is 6.07 Å². The van der Waals surface area contributed by atoms with Gasteiger partial charge in [-0.25, -0.2) is 14.4 Å². The average Bonchev–Trinajstić information content (AvgIpc) is 3.15. The number of aromatic nitrogens is 3. The molecule has 0 aliphatic carbocycles. The number of rotatable bonds is 5. The van der Waals surface area contributed by atoms with Crippen LogP contribution in [-0.4, -0.2) is 20.4 Å². The molecule has 0 radical (unpaired) electrons. The van der Waals surface area contributed by atoms with Crippen molar-refractivity contribution >= 4 is 22.5 Å². The number of hydrogen-bond donors (Lipinski definition) is 1. The highest BCUT2D eigenvalue weighted by Crippen LogP contribution is 2.41. The molecule has 1 aliphatic heterocycles. The molecule has 0 bridgehead atoms. The van der Waals surface area contributed by atoms with Crippen LogP contribution in [0.2, 0.25) is 0 Å². The lowest BCUT2D eigenvalue weighted by Crippen LogP contribution is -2.14. The molecule has 1 amide bonds. The van der Waals surface area contributed by atoms with Crippen molar-refractivity contribution in [2.75, 3.05) is 5.32 Å². The molecule has 6 rings (SSSR count). The molecule has 2 aromatic heterocycles. The Bertz CT molecular complexity index is 1550. The molecular formula is C28H21FN4O2. The Morgan fingerprint density at radius 1 is 1.00 bits per heavy atom. The first kappa shape index (κ1) is 21.0. The summed E-state index contributed by atoms with van der Waals surface area (Å²) in [5.41, 5.74) is 4.63. The topological polar surface area (TPSA) is 69.0 Å². The first-order valence-electron chi connectivity index (χ1n) is 11.3. The molecule has 35 heavy (non-hydrogen) atoms. The summed E-state index contributed by atoms with van der Waals surface area (Å²) in [6.07, 6.45) is 5.62. The molecule has 7 heteroatoms. The van der Waals surface area contributed by atoms with E-state index in [2.05, 4.69) is 26.0 Å². The Morgan fingerprint density at radius 2 is 1.83 bits per heavy atom. The van der Waals surface area contributed by atoms with Gasteiger partial charge in [-0.2, -0.15) is 0 Å². The molecule has 6 nitrogen and oxygen atoms in total. The van der Waals surface area contributed by atoms with Crippen LogP contribution >= 0.6 is 0 Å². The molecule has 1 atom stereocenters. The van der Waals surface area contributed by atoms with Crippen LogP contribution in [0.3, 0.4) is 0 Å². The number of nitrogens with zero attached hydrogens (tertiary/aromatic N) is 3. The van der Waals surface area contributed by atoms with Crippen molar-refractivity contribution in [2.45, 2.75) is 18.9 Å². The van der Waals surface area contributed by atoms with Gasteiger partial charge < -0.3 is 14.6 Å². The van der Waals surface area contributed by atoms with Gasteiger partial charge in [0.05, 0.1) is 11.2 Å². The smallest absolute Gasteiger partial charge is 0.321 e. The van der Waals surface area contributed by atoms with Crippen LogP contribution in [0.25, 0.3) is 10.9 Å². The van der Waals surface area contributed by atoms with Gasteiger partial charge in [0.1, 0.15) is 11.6 Å². The van der Waals surface area contributed by atoms with Crippen molar-refractivity contribution in [1.29, 1.82) is 0 Å². The van der Waals surface area contributed by atoms with E-state index in [9.17, 15) is 9.18 Å². The van der Waals surface area contributed by atoms with Crippen molar-refractivity contribution in [3.63, 3.8) is 0 Å². The molecule has 0 fully saturated rings. The number of carbonyl (C=O) groups excluding carboxylic acids is 1. The number of benzene rings is 3. The zero-order valence-electron chi connectivity index (χ0n) is 18.7. The lowest BCUT2D eigenvalue weighted by molar-refractivity contribution is -0.116. The second-order valence-electron chi connectivity index (χ2n) is 8.55. The summed E-state index contributed by atoms with van der Waals surface area (Å²) >= 11 is 0. The fourth-order valence-corrected chi connectivity index (χ4v) is 4.75. The molecule has 1 aliphatic rings. The highest BCUT2D eigenvalue weighted by Gasteiger charge is 2.28. The second-order valence-corrected chi connectivity index (χ2v) is 8.55. The highest BCUT2D eigenvalue weighted by atomic mass is 19.1. The van der Waals surface area contributed by atoms with E-state index >= 15 is 0 Å². The number of carbonyl (C=O) groups is 1. The number of amides is 1. The average molecular weight is 465 g/mol. The van der Waals surface area contributed by atoms with E-state index in [1.54, 1.807) is 30.6 Å². The zero-order chi connectivity index (χ0) is 23.8. The number of hydrogen-bond acceptors (Lipinski definition) is 4. The fraction of sp³-hybridized carbons (Fsp3) is 0.107. The van der Waals surface area contributed by atoms with Crippen LogP contribution in [0, 0.1) is 5.82 Å². The molecule has 0 unspecified atom stereocenters. The Morgan fingerprint density at radius 3 is 2.69 bits per heavy atom. The standard InChI is InChI=1S/C28H21FN4O2/c29-20-7-1-5-18(13-20)16-33-17-23-22(15-26(34)32-24-9-3-10-25(33)27(23)24)19-6-2-8-21(14-19)35-28-30-11-4-12-31-28/h1-14,17,22H,15-16H2,(H,32,34)/t22-/m1/s1. The Kier molecular flexibility index (Phi) is 5.22. The normalized spacial score (nSPS) is 15.0. The van der Waals surface area contributed by atoms with Crippen LogP contribution < -0.4 is 10.1 Å². The van der Waals surface area contributed by atoms with Crippen LogP contribution in [0.15, 0.2) is 91.4 Å². The summed E-state index contributed by atoms with van der Waals surface area (Å²) in [5.74, 6) is 0.107. The summed E-state index contributed by atoms with van der Waals surface area (Å²) in [5, 5.41) is 4.06. The van der Waals surface area contributed by atoms with E-state index < -0.39 is 0 Å². The SMILES string of the molecule is O=C1C[C@H](c2cccc(Oc3ncccn3)c2)c2cn(Cc3cccc(F)c3)c3cccc(c23)N1. The van der Waals surface area contributed by atoms with Gasteiger partial charge in [-0.05, 0) is 59.2 Å². The molecule has 0 spiro atoms. The van der Waals surface area contributed by atoms with Gasteiger partial charge in [0.2, 0.25) is 5.91 Å². The van der Waals surface area contributed by atoms with Crippen LogP contribution in [-0.2, 0) is 11.3 Å². The third-order valence-corrected chi connectivity index (χ3v) is 6.23. The molecule has 0 saturated carbocycles. The monoisotopic (exact) mass is 464 g/mol. The highest BCUT2D eigenvalue weighted by molar-refractivity contribution is 6.06. The van der Waals surface area contributed by atoms with Gasteiger partial charge in [-0.15, -0.1) is 0 Å². The lowest BCUT2D eigenvalue weighted by Gasteiger charge is -2.15. The lowest BCUT2D eigenvalue weighted by atomic mass is 9.88. The fourth-order valence-electron chi connectivity index (χ4n) is 4.75. The van der Waals surface area contributed by atoms with Gasteiger partial charge in [0, 0.05) is 42.9 Å². The number of anilines is 1. The van der Waals surface area contributed by atoms with Crippen molar-refractivity contribution < 1.29 is 13.9 Å². The van der Waals surface area contributed by atoms with E-state index in [1.807, 2.05) is 48.5 Å². The van der Waals surface area contributed by atoms with Crippen molar-refractivity contribution in [3.05, 3.63) is 114 Å². The van der Waals surface area contributed by atoms with Gasteiger partial charge in [-0.1, -0.05) is 30.3 Å². The van der Waals surface area contributed by atoms with Gasteiger partial charge in [0.15, 0.2) is 0 Å². The molecule has 3 aromatic carbocycles. The second kappa shape index (κ2) is 8.68. The number of nitrogens with one attached hydrogen (secondary N) is 1. The van der Waals surface area contributed by atoms with Crippen LogP contribution in [0.1, 0.15) is 29.0 Å². The van der Waals surface area contributed by atoms with Crippen molar-refractivity contribution in [1.82, 2.24) is 14.5 Å². The maximum atomic E-state index is 13.8. The Hall–Kier alpha value is -4.52. The van der Waals surface area contributed by atoms with E-state index in [0.29, 0.717) is 18.7 Å². The summed E-state index contributed by atoms with van der Waals surface area (Å²) in [4.78, 5) is 21.1. The first-order chi connectivity index (χ1) is 17.1. The van der Waals surface area contributed by atoms with E-state index in [0.717, 1.165) is 33.3 Å². The van der Waals surface area contributed by atoms with Gasteiger partial charge >= 0.3 is 6.01 Å². The largest absolute Gasteiger partial charge is 0.424 e. The quantitative estimate of drug-likeness (QED) is 0.352. The zero-order valence-corrected chi connectivity index (χ0v) is 18.7. The summed E-state index contributed by atoms with van der Waals surface area (Å²) in [6, 6.07) is 22.2. The predicted octanol–water partition coefficient (Wildman–Crippen LogP) is 5.89. The predicted molar refractivity (Wildman–Crippen MR) is 131 cm³/mol. The van der Waals surface area contributed by atoms with Crippen molar-refractivity contribution in [2.24, 2.45) is 0 Å². The molecule has 1 N–H and O–H groups in total. The minimum Gasteiger partial charge on any atom is -0.424 e. The maximum Gasteiger partial charge on any atom is 0.321 e. The third kappa shape index (κ3) is 4.12. The molecule has 0 saturated heterocycles. The summed E-state index contributed by atoms with van der Waals surface area (Å²) < 4.78 is 21.8. The number of halogens is 1.